The maximum absolute atomic E-state index is 13.3. The molecule has 0 aromatic heterocycles. The number of halogens is 1. The fraction of sp³-hybridized carbons (Fsp3) is 0.800. The molecular formula is C35H53ClO2. The molecule has 0 amide bonds. The van der Waals surface area contributed by atoms with Crippen LogP contribution < -0.4 is 0 Å². The van der Waals surface area contributed by atoms with Gasteiger partial charge in [0.15, 0.2) is 0 Å². The Bertz CT molecular complexity index is 971. The Morgan fingerprint density at radius 2 is 1.68 bits per heavy atom. The third-order valence-electron chi connectivity index (χ3n) is 12.6. The van der Waals surface area contributed by atoms with Gasteiger partial charge in [0.05, 0.1) is 6.10 Å². The first-order valence-corrected chi connectivity index (χ1v) is 16.4. The predicted molar refractivity (Wildman–Crippen MR) is 158 cm³/mol. The van der Waals surface area contributed by atoms with E-state index in [9.17, 15) is 9.90 Å². The summed E-state index contributed by atoms with van der Waals surface area (Å²) in [4.78, 5) is 13.3. The van der Waals surface area contributed by atoms with Crippen LogP contribution in [0.15, 0.2) is 24.3 Å². The van der Waals surface area contributed by atoms with Crippen LogP contribution in [0.2, 0.25) is 5.02 Å². The molecule has 1 aromatic rings. The molecule has 4 aliphatic carbocycles. The van der Waals surface area contributed by atoms with Crippen LogP contribution >= 0.6 is 11.6 Å². The normalized spacial score (nSPS) is 41.3. The van der Waals surface area contributed by atoms with Gasteiger partial charge in [-0.3, -0.25) is 4.79 Å². The molecule has 0 saturated heterocycles. The number of ketones is 1. The number of hydrogen-bond acceptors (Lipinski definition) is 2. The van der Waals surface area contributed by atoms with E-state index in [0.717, 1.165) is 53.9 Å². The first kappa shape index (κ1) is 28.7. The Kier molecular flexibility index (Phi) is 8.44. The molecular weight excluding hydrogens is 488 g/mol. The molecule has 4 fully saturated rings. The Hall–Kier alpha value is -0.860. The number of aliphatic hydroxyl groups excluding tert-OH is 1. The minimum atomic E-state index is -0.500. The fourth-order valence-electron chi connectivity index (χ4n) is 10.6. The SMILES string of the molecule is CC(C)CCCC(C)C1CCC2C3CCC4CC(C(=O)Cc5ccc(Cl)cc5)C(O)CC4(C)C3CCC12C. The lowest BCUT2D eigenvalue weighted by molar-refractivity contribution is -0.156. The fourth-order valence-corrected chi connectivity index (χ4v) is 10.7. The second kappa shape index (κ2) is 11.2. The number of carbonyl (C=O) groups is 1. The standard InChI is InChI=1S/C35H53ClO2/c1-22(2)7-6-8-23(3)29-15-16-30-27-14-11-25-20-28(32(37)19-24-9-12-26(36)13-10-24)33(38)21-35(25,5)31(27)17-18-34(29,30)4/h9-10,12-13,22-23,25,27-31,33,38H,6-8,11,14-21H2,1-5H3. The molecule has 1 N–H and O–H groups in total. The summed E-state index contributed by atoms with van der Waals surface area (Å²) in [5.41, 5.74) is 1.69. The predicted octanol–water partition coefficient (Wildman–Crippen LogP) is 9.16. The van der Waals surface area contributed by atoms with Gasteiger partial charge in [0, 0.05) is 17.4 Å². The van der Waals surface area contributed by atoms with Crippen LogP contribution in [0.5, 0.6) is 0 Å². The van der Waals surface area contributed by atoms with Gasteiger partial charge in [0.1, 0.15) is 5.78 Å². The number of fused-ring (bicyclic) bond motifs is 5. The smallest absolute Gasteiger partial charge is 0.142 e. The molecule has 0 bridgehead atoms. The van der Waals surface area contributed by atoms with Crippen molar-refractivity contribution in [1.82, 2.24) is 0 Å². The molecule has 10 unspecified atom stereocenters. The molecule has 5 rings (SSSR count). The lowest BCUT2D eigenvalue weighted by Crippen LogP contribution is -2.56. The van der Waals surface area contributed by atoms with Gasteiger partial charge in [-0.05, 0) is 121 Å². The van der Waals surface area contributed by atoms with Crippen molar-refractivity contribution in [2.24, 2.45) is 58.2 Å². The van der Waals surface area contributed by atoms with Crippen LogP contribution in [-0.2, 0) is 11.2 Å². The third-order valence-corrected chi connectivity index (χ3v) is 12.9. The monoisotopic (exact) mass is 540 g/mol. The van der Waals surface area contributed by atoms with Gasteiger partial charge in [-0.25, -0.2) is 0 Å². The summed E-state index contributed by atoms with van der Waals surface area (Å²) in [6, 6.07) is 7.61. The first-order chi connectivity index (χ1) is 18.0. The Morgan fingerprint density at radius 3 is 2.39 bits per heavy atom. The topological polar surface area (TPSA) is 37.3 Å². The maximum Gasteiger partial charge on any atom is 0.142 e. The van der Waals surface area contributed by atoms with Crippen molar-refractivity contribution in [2.45, 2.75) is 118 Å². The first-order valence-electron chi connectivity index (χ1n) is 16.0. The zero-order valence-electron chi connectivity index (χ0n) is 24.7. The van der Waals surface area contributed by atoms with Gasteiger partial charge in [0.2, 0.25) is 0 Å². The summed E-state index contributed by atoms with van der Waals surface area (Å²) in [7, 11) is 0. The van der Waals surface area contributed by atoms with Crippen molar-refractivity contribution in [3.8, 4) is 0 Å². The van der Waals surface area contributed by atoms with E-state index in [1.807, 2.05) is 24.3 Å². The van der Waals surface area contributed by atoms with Gasteiger partial charge in [-0.1, -0.05) is 77.6 Å². The molecule has 4 saturated carbocycles. The molecule has 0 radical (unpaired) electrons. The van der Waals surface area contributed by atoms with Crippen molar-refractivity contribution in [3.05, 3.63) is 34.9 Å². The van der Waals surface area contributed by atoms with Crippen LogP contribution in [0.1, 0.15) is 111 Å². The minimum Gasteiger partial charge on any atom is -0.392 e. The van der Waals surface area contributed by atoms with Gasteiger partial charge in [-0.15, -0.1) is 0 Å². The molecule has 4 aliphatic rings. The lowest BCUT2D eigenvalue weighted by Gasteiger charge is -2.62. The zero-order chi connectivity index (χ0) is 27.2. The van der Waals surface area contributed by atoms with Crippen molar-refractivity contribution < 1.29 is 9.90 Å². The molecule has 0 heterocycles. The third kappa shape index (κ3) is 5.27. The summed E-state index contributed by atoms with van der Waals surface area (Å²) < 4.78 is 0. The lowest BCUT2D eigenvalue weighted by atomic mass is 9.43. The number of aliphatic hydroxyl groups is 1. The van der Waals surface area contributed by atoms with E-state index in [1.54, 1.807) is 0 Å². The van der Waals surface area contributed by atoms with E-state index in [4.69, 9.17) is 11.6 Å². The van der Waals surface area contributed by atoms with Gasteiger partial charge >= 0.3 is 0 Å². The molecule has 3 heteroatoms. The summed E-state index contributed by atoms with van der Waals surface area (Å²) in [6.07, 6.45) is 13.9. The van der Waals surface area contributed by atoms with E-state index in [2.05, 4.69) is 34.6 Å². The second-order valence-electron chi connectivity index (χ2n) is 15.1. The van der Waals surface area contributed by atoms with Crippen molar-refractivity contribution >= 4 is 17.4 Å². The molecule has 38 heavy (non-hydrogen) atoms. The minimum absolute atomic E-state index is 0.182. The highest BCUT2D eigenvalue weighted by Crippen LogP contribution is 2.68. The van der Waals surface area contributed by atoms with E-state index in [0.29, 0.717) is 22.8 Å². The molecule has 10 atom stereocenters. The van der Waals surface area contributed by atoms with Crippen LogP contribution in [0.3, 0.4) is 0 Å². The van der Waals surface area contributed by atoms with E-state index < -0.39 is 6.10 Å². The van der Waals surface area contributed by atoms with Crippen molar-refractivity contribution in [2.75, 3.05) is 0 Å². The summed E-state index contributed by atoms with van der Waals surface area (Å²) >= 11 is 6.04. The molecule has 1 aromatic carbocycles. The highest BCUT2D eigenvalue weighted by molar-refractivity contribution is 6.30. The maximum atomic E-state index is 13.3. The Balaban J connectivity index is 1.25. The molecule has 212 valence electrons. The Labute approximate surface area is 237 Å². The largest absolute Gasteiger partial charge is 0.392 e. The highest BCUT2D eigenvalue weighted by Gasteiger charge is 2.61. The van der Waals surface area contributed by atoms with E-state index in [-0.39, 0.29) is 17.1 Å². The van der Waals surface area contributed by atoms with Crippen LogP contribution in [0.4, 0.5) is 0 Å². The van der Waals surface area contributed by atoms with Gasteiger partial charge in [-0.2, -0.15) is 0 Å². The van der Waals surface area contributed by atoms with Crippen molar-refractivity contribution in [1.29, 1.82) is 0 Å². The van der Waals surface area contributed by atoms with Crippen LogP contribution in [-0.4, -0.2) is 17.0 Å². The zero-order valence-corrected chi connectivity index (χ0v) is 25.5. The summed E-state index contributed by atoms with van der Waals surface area (Å²) in [6.45, 7) is 12.4. The van der Waals surface area contributed by atoms with E-state index in [1.165, 1.54) is 57.8 Å². The summed E-state index contributed by atoms with van der Waals surface area (Å²) in [5, 5.41) is 12.1. The molecule has 0 spiro atoms. The quantitative estimate of drug-likeness (QED) is 0.357. The van der Waals surface area contributed by atoms with Crippen LogP contribution in [0.25, 0.3) is 0 Å². The summed E-state index contributed by atoms with van der Waals surface area (Å²) in [5.74, 6) is 5.52. The van der Waals surface area contributed by atoms with E-state index >= 15 is 0 Å². The van der Waals surface area contributed by atoms with Gasteiger partial charge < -0.3 is 5.11 Å². The average molecular weight is 541 g/mol. The number of hydrogen-bond donors (Lipinski definition) is 1. The number of rotatable bonds is 8. The Morgan fingerprint density at radius 1 is 0.974 bits per heavy atom. The second-order valence-corrected chi connectivity index (χ2v) is 15.5. The van der Waals surface area contributed by atoms with Gasteiger partial charge in [0.25, 0.3) is 0 Å². The molecule has 0 aliphatic heterocycles. The number of Topliss-reactive ketones (excluding diaryl/α,β-unsaturated/α-hetero) is 1. The highest BCUT2D eigenvalue weighted by atomic mass is 35.5. The average Bonchev–Trinajstić information content (AvgIpc) is 3.21. The number of benzene rings is 1. The van der Waals surface area contributed by atoms with Crippen molar-refractivity contribution in [3.63, 3.8) is 0 Å². The van der Waals surface area contributed by atoms with Crippen LogP contribution in [0, 0.1) is 58.2 Å². The number of carbonyl (C=O) groups excluding carboxylic acids is 1. The molecule has 2 nitrogen and oxygen atoms in total.